The van der Waals surface area contributed by atoms with Crippen LogP contribution >= 0.6 is 11.3 Å². The van der Waals surface area contributed by atoms with Crippen LogP contribution in [-0.4, -0.2) is 10.9 Å². The first-order valence-electron chi connectivity index (χ1n) is 5.98. The lowest BCUT2D eigenvalue weighted by Gasteiger charge is -2.08. The Labute approximate surface area is 119 Å². The Balaban J connectivity index is 1.88. The molecule has 0 spiro atoms. The molecule has 6 heteroatoms. The molecule has 0 radical (unpaired) electrons. The number of pyridine rings is 1. The highest BCUT2D eigenvalue weighted by Gasteiger charge is 2.11. The smallest absolute Gasteiger partial charge is 0.259 e. The van der Waals surface area contributed by atoms with E-state index in [1.807, 2.05) is 29.6 Å². The van der Waals surface area contributed by atoms with Crippen molar-refractivity contribution in [2.45, 2.75) is 0 Å². The number of nitrogens with zero attached hydrogens (tertiary/aromatic N) is 1. The maximum Gasteiger partial charge on any atom is 0.259 e. The molecule has 0 bridgehead atoms. The van der Waals surface area contributed by atoms with E-state index in [0.717, 1.165) is 11.1 Å². The Morgan fingerprint density at radius 1 is 1.25 bits per heavy atom. The fraction of sp³-hybridized carbons (Fsp3) is 0. The van der Waals surface area contributed by atoms with Crippen LogP contribution in [0.25, 0.3) is 10.1 Å². The number of hydrogen-bond acceptors (Lipinski definition) is 5. The van der Waals surface area contributed by atoms with E-state index >= 15 is 0 Å². The van der Waals surface area contributed by atoms with Crippen LogP contribution in [-0.2, 0) is 0 Å². The van der Waals surface area contributed by atoms with Crippen LogP contribution in [0.2, 0.25) is 0 Å². The Bertz CT molecular complexity index is 768. The highest BCUT2D eigenvalue weighted by atomic mass is 32.1. The number of hydrazine groups is 1. The Morgan fingerprint density at radius 2 is 2.15 bits per heavy atom. The van der Waals surface area contributed by atoms with Crippen molar-refractivity contribution in [3.05, 3.63) is 53.5 Å². The summed E-state index contributed by atoms with van der Waals surface area (Å²) in [6, 6.07) is 11.2. The summed E-state index contributed by atoms with van der Waals surface area (Å²) in [5.74, 6) is 5.45. The number of carbonyl (C=O) groups excluding carboxylic acids is 1. The van der Waals surface area contributed by atoms with Gasteiger partial charge < -0.3 is 10.7 Å². The number of carbonyl (C=O) groups is 1. The van der Waals surface area contributed by atoms with Gasteiger partial charge in [0.2, 0.25) is 0 Å². The van der Waals surface area contributed by atoms with Crippen molar-refractivity contribution in [1.29, 1.82) is 0 Å². The van der Waals surface area contributed by atoms with Crippen molar-refractivity contribution >= 4 is 38.8 Å². The molecule has 3 aromatic rings. The van der Waals surface area contributed by atoms with E-state index in [0.29, 0.717) is 11.4 Å². The summed E-state index contributed by atoms with van der Waals surface area (Å²) < 4.78 is 1.19. The third-order valence-electron chi connectivity index (χ3n) is 2.90. The molecular weight excluding hydrogens is 272 g/mol. The van der Waals surface area contributed by atoms with Crippen molar-refractivity contribution in [3.63, 3.8) is 0 Å². The molecule has 4 N–H and O–H groups in total. The first kappa shape index (κ1) is 12.6. The molecule has 3 rings (SSSR count). The monoisotopic (exact) mass is 284 g/mol. The van der Waals surface area contributed by atoms with E-state index in [4.69, 9.17) is 5.84 Å². The number of rotatable bonds is 3. The van der Waals surface area contributed by atoms with Crippen LogP contribution < -0.4 is 16.6 Å². The van der Waals surface area contributed by atoms with E-state index in [1.54, 1.807) is 29.7 Å². The lowest BCUT2D eigenvalue weighted by atomic mass is 10.2. The summed E-state index contributed by atoms with van der Waals surface area (Å²) in [5.41, 5.74) is 3.56. The molecule has 0 saturated carbocycles. The zero-order chi connectivity index (χ0) is 13.9. The van der Waals surface area contributed by atoms with Gasteiger partial charge in [-0.2, -0.15) is 0 Å². The molecule has 2 aromatic heterocycles. The van der Waals surface area contributed by atoms with Crippen LogP contribution in [0.4, 0.5) is 11.5 Å². The van der Waals surface area contributed by atoms with Gasteiger partial charge in [0.1, 0.15) is 0 Å². The number of thiophene rings is 1. The van der Waals surface area contributed by atoms with Gasteiger partial charge >= 0.3 is 0 Å². The van der Waals surface area contributed by atoms with Gasteiger partial charge in [-0.15, -0.1) is 11.3 Å². The maximum absolute atomic E-state index is 12.2. The predicted molar refractivity (Wildman–Crippen MR) is 81.8 cm³/mol. The lowest BCUT2D eigenvalue weighted by Crippen LogP contribution is -2.18. The van der Waals surface area contributed by atoms with Crippen molar-refractivity contribution in [1.82, 2.24) is 4.98 Å². The average Bonchev–Trinajstić information content (AvgIpc) is 2.94. The van der Waals surface area contributed by atoms with Gasteiger partial charge in [0, 0.05) is 16.6 Å². The number of fused-ring (bicyclic) bond motifs is 1. The second-order valence-corrected chi connectivity index (χ2v) is 5.12. The zero-order valence-corrected chi connectivity index (χ0v) is 11.3. The molecule has 20 heavy (non-hydrogen) atoms. The quantitative estimate of drug-likeness (QED) is 0.510. The van der Waals surface area contributed by atoms with Gasteiger partial charge in [0.25, 0.3) is 5.91 Å². The van der Waals surface area contributed by atoms with Crippen LogP contribution in [0.15, 0.2) is 48.0 Å². The Kier molecular flexibility index (Phi) is 3.32. The fourth-order valence-corrected chi connectivity index (χ4v) is 2.72. The minimum absolute atomic E-state index is 0.249. The predicted octanol–water partition coefficient (Wildman–Crippen LogP) is 2.83. The van der Waals surface area contributed by atoms with Crippen molar-refractivity contribution in [2.24, 2.45) is 5.84 Å². The summed E-state index contributed by atoms with van der Waals surface area (Å²) >= 11 is 1.67. The normalized spacial score (nSPS) is 10.4. The number of nitrogen functional groups attached to an aromatic ring is 1. The van der Waals surface area contributed by atoms with Gasteiger partial charge in [-0.25, -0.2) is 10.8 Å². The Hall–Kier alpha value is -2.44. The van der Waals surface area contributed by atoms with E-state index in [-0.39, 0.29) is 5.91 Å². The number of nitrogens with two attached hydrogens (primary N) is 1. The van der Waals surface area contributed by atoms with E-state index in [1.165, 1.54) is 4.70 Å². The third kappa shape index (κ3) is 2.34. The number of hydrogen-bond donors (Lipinski definition) is 3. The van der Waals surface area contributed by atoms with Crippen molar-refractivity contribution < 1.29 is 4.79 Å². The highest BCUT2D eigenvalue weighted by Crippen LogP contribution is 2.24. The van der Waals surface area contributed by atoms with Crippen molar-refractivity contribution in [3.8, 4) is 0 Å². The standard InChI is InChI=1S/C14H12N4OS/c15-18-13-11(2-1-6-16-13)14(19)17-10-3-4-12-9(8-10)5-7-20-12/h1-8H,15H2,(H,16,18)(H,17,19). The first-order valence-corrected chi connectivity index (χ1v) is 6.86. The number of amides is 1. The number of anilines is 2. The van der Waals surface area contributed by atoms with Crippen LogP contribution in [0, 0.1) is 0 Å². The van der Waals surface area contributed by atoms with Crippen molar-refractivity contribution in [2.75, 3.05) is 10.7 Å². The highest BCUT2D eigenvalue weighted by molar-refractivity contribution is 7.17. The molecule has 0 fully saturated rings. The number of aromatic nitrogens is 1. The molecule has 100 valence electrons. The molecule has 0 aliphatic heterocycles. The third-order valence-corrected chi connectivity index (χ3v) is 3.80. The van der Waals surface area contributed by atoms with Crippen LogP contribution in [0.5, 0.6) is 0 Å². The molecule has 5 nitrogen and oxygen atoms in total. The lowest BCUT2D eigenvalue weighted by molar-refractivity contribution is 0.102. The second kappa shape index (κ2) is 5.28. The fourth-order valence-electron chi connectivity index (χ4n) is 1.95. The molecule has 0 unspecified atom stereocenters. The number of benzene rings is 1. The summed E-state index contributed by atoms with van der Waals surface area (Å²) in [7, 11) is 0. The van der Waals surface area contributed by atoms with E-state index in [2.05, 4.69) is 15.7 Å². The van der Waals surface area contributed by atoms with Gasteiger partial charge in [0.15, 0.2) is 5.82 Å². The molecule has 0 saturated heterocycles. The van der Waals surface area contributed by atoms with E-state index < -0.39 is 0 Å². The average molecular weight is 284 g/mol. The van der Waals surface area contributed by atoms with E-state index in [9.17, 15) is 4.79 Å². The second-order valence-electron chi connectivity index (χ2n) is 4.17. The molecule has 1 aromatic carbocycles. The topological polar surface area (TPSA) is 80.0 Å². The summed E-state index contributed by atoms with van der Waals surface area (Å²) in [5, 5.41) is 5.97. The molecule has 0 aliphatic carbocycles. The largest absolute Gasteiger partial charge is 0.322 e. The van der Waals surface area contributed by atoms with Gasteiger partial charge in [-0.3, -0.25) is 4.79 Å². The molecular formula is C14H12N4OS. The summed E-state index contributed by atoms with van der Waals surface area (Å²) in [6.45, 7) is 0. The molecule has 0 atom stereocenters. The van der Waals surface area contributed by atoms with Crippen LogP contribution in [0.1, 0.15) is 10.4 Å². The minimum atomic E-state index is -0.249. The van der Waals surface area contributed by atoms with Crippen LogP contribution in [0.3, 0.4) is 0 Å². The summed E-state index contributed by atoms with van der Waals surface area (Å²) in [6.07, 6.45) is 1.57. The first-order chi connectivity index (χ1) is 9.78. The SMILES string of the molecule is NNc1ncccc1C(=O)Nc1ccc2sccc2c1. The minimum Gasteiger partial charge on any atom is -0.322 e. The summed E-state index contributed by atoms with van der Waals surface area (Å²) in [4.78, 5) is 16.2. The molecule has 1 amide bonds. The van der Waals surface area contributed by atoms with Gasteiger partial charge in [-0.1, -0.05) is 0 Å². The number of nitrogens with one attached hydrogen (secondary N) is 2. The maximum atomic E-state index is 12.2. The Morgan fingerprint density at radius 3 is 3.00 bits per heavy atom. The van der Waals surface area contributed by atoms with Gasteiger partial charge in [-0.05, 0) is 47.2 Å². The molecule has 0 aliphatic rings. The molecule has 2 heterocycles. The van der Waals surface area contributed by atoms with Gasteiger partial charge in [0.05, 0.1) is 5.56 Å². The zero-order valence-electron chi connectivity index (χ0n) is 10.5.